The number of piperidine rings is 1. The van der Waals surface area contributed by atoms with Gasteiger partial charge in [0.25, 0.3) is 0 Å². The molecule has 4 nitrogen and oxygen atoms in total. The third-order valence-corrected chi connectivity index (χ3v) is 3.59. The number of nitrogens with zero attached hydrogens (tertiary/aromatic N) is 2. The summed E-state index contributed by atoms with van der Waals surface area (Å²) in [6, 6.07) is 2.17. The summed E-state index contributed by atoms with van der Waals surface area (Å²) in [4.78, 5) is 11.2. The maximum absolute atomic E-state index is 11.2. The van der Waals surface area contributed by atoms with Crippen molar-refractivity contribution >= 4 is 17.6 Å². The first kappa shape index (κ1) is 12.3. The Hall–Kier alpha value is -1.16. The number of carbonyl (C=O) groups is 1. The van der Waals surface area contributed by atoms with Gasteiger partial charge >= 0.3 is 5.97 Å². The van der Waals surface area contributed by atoms with E-state index < -0.39 is 5.97 Å². The zero-order chi connectivity index (χ0) is 12.6. The molecule has 17 heavy (non-hydrogen) atoms. The second kappa shape index (κ2) is 4.61. The van der Waals surface area contributed by atoms with Gasteiger partial charge < -0.3 is 10.1 Å². The quantitative estimate of drug-likeness (QED) is 0.885. The van der Waals surface area contributed by atoms with Crippen molar-refractivity contribution in [1.82, 2.24) is 4.68 Å². The van der Waals surface area contributed by atoms with E-state index >= 15 is 0 Å². The number of rotatable bonds is 2. The van der Waals surface area contributed by atoms with Gasteiger partial charge in [0.1, 0.15) is 5.69 Å². The Morgan fingerprint density at radius 1 is 1.41 bits per heavy atom. The Balaban J connectivity index is 2.40. The third-order valence-electron chi connectivity index (χ3n) is 3.38. The maximum Gasteiger partial charge on any atom is 0.354 e. The summed E-state index contributed by atoms with van der Waals surface area (Å²) in [5.74, 6) is -0.943. The average molecular weight is 257 g/mol. The van der Waals surface area contributed by atoms with E-state index in [1.54, 1.807) is 10.9 Å². The normalized spacial score (nSPS) is 25.0. The lowest BCUT2D eigenvalue weighted by molar-refractivity contribution is 0.0682. The Kier molecular flexibility index (Phi) is 3.33. The molecule has 0 radical (unpaired) electrons. The van der Waals surface area contributed by atoms with Crippen LogP contribution in [0.3, 0.4) is 0 Å². The van der Waals surface area contributed by atoms with Gasteiger partial charge in [-0.15, -0.1) is 0 Å². The van der Waals surface area contributed by atoms with E-state index in [0.29, 0.717) is 17.1 Å². The maximum atomic E-state index is 11.2. The Morgan fingerprint density at radius 3 is 2.53 bits per heavy atom. The van der Waals surface area contributed by atoms with Gasteiger partial charge in [-0.05, 0) is 39.2 Å². The standard InChI is InChI=1S/C12H17ClN2O2/c1-8-4-3-5-9(2)15(8)14-7-10(13)6-11(14)12(16)17/h6-9H,3-5H2,1-2H3,(H,16,17). The monoisotopic (exact) mass is 256 g/mol. The largest absolute Gasteiger partial charge is 0.477 e. The number of carboxylic acids is 1. The lowest BCUT2D eigenvalue weighted by Crippen LogP contribution is -2.51. The van der Waals surface area contributed by atoms with Crippen molar-refractivity contribution in [2.75, 3.05) is 5.01 Å². The fourth-order valence-electron chi connectivity index (χ4n) is 2.60. The van der Waals surface area contributed by atoms with Crippen molar-refractivity contribution in [3.05, 3.63) is 23.0 Å². The average Bonchev–Trinajstić information content (AvgIpc) is 2.60. The number of carboxylic acid groups (broad SMARTS) is 1. The molecule has 1 aliphatic heterocycles. The molecule has 0 saturated carbocycles. The minimum Gasteiger partial charge on any atom is -0.477 e. The molecule has 1 aromatic rings. The molecule has 2 unspecified atom stereocenters. The van der Waals surface area contributed by atoms with E-state index in [1.165, 1.54) is 12.5 Å². The van der Waals surface area contributed by atoms with Crippen LogP contribution in [0.2, 0.25) is 5.02 Å². The molecule has 1 N–H and O–H groups in total. The van der Waals surface area contributed by atoms with E-state index in [9.17, 15) is 9.90 Å². The van der Waals surface area contributed by atoms with E-state index in [2.05, 4.69) is 18.9 Å². The number of hydrogen-bond donors (Lipinski definition) is 1. The number of aromatic nitrogens is 1. The molecule has 0 amide bonds. The van der Waals surface area contributed by atoms with Gasteiger partial charge in [0.05, 0.1) is 5.02 Å². The molecule has 1 aliphatic rings. The lowest BCUT2D eigenvalue weighted by atomic mass is 10.00. The van der Waals surface area contributed by atoms with Crippen LogP contribution in [-0.2, 0) is 0 Å². The summed E-state index contributed by atoms with van der Waals surface area (Å²) in [5.41, 5.74) is 0.232. The highest BCUT2D eigenvalue weighted by Gasteiger charge is 2.28. The van der Waals surface area contributed by atoms with Crippen LogP contribution in [0, 0.1) is 0 Å². The summed E-state index contributed by atoms with van der Waals surface area (Å²) in [6.07, 6.45) is 5.04. The molecule has 94 valence electrons. The second-order valence-electron chi connectivity index (χ2n) is 4.70. The number of hydrogen-bond acceptors (Lipinski definition) is 2. The Labute approximate surface area is 106 Å². The molecule has 0 spiro atoms. The highest BCUT2D eigenvalue weighted by molar-refractivity contribution is 6.30. The first-order valence-electron chi connectivity index (χ1n) is 5.90. The zero-order valence-corrected chi connectivity index (χ0v) is 10.8. The molecule has 1 fully saturated rings. The molecule has 2 rings (SSSR count). The second-order valence-corrected chi connectivity index (χ2v) is 5.14. The van der Waals surface area contributed by atoms with Crippen LogP contribution >= 0.6 is 11.6 Å². The molecule has 1 aromatic heterocycles. The topological polar surface area (TPSA) is 45.5 Å². The van der Waals surface area contributed by atoms with E-state index in [4.69, 9.17) is 11.6 Å². The van der Waals surface area contributed by atoms with Crippen molar-refractivity contribution in [1.29, 1.82) is 0 Å². The van der Waals surface area contributed by atoms with Crippen LogP contribution < -0.4 is 5.01 Å². The van der Waals surface area contributed by atoms with E-state index in [1.807, 2.05) is 0 Å². The molecule has 0 aromatic carbocycles. The van der Waals surface area contributed by atoms with Gasteiger partial charge in [0, 0.05) is 18.3 Å². The van der Waals surface area contributed by atoms with Crippen LogP contribution in [0.5, 0.6) is 0 Å². The highest BCUT2D eigenvalue weighted by Crippen LogP contribution is 2.24. The third kappa shape index (κ3) is 2.27. The summed E-state index contributed by atoms with van der Waals surface area (Å²) < 4.78 is 1.69. The summed E-state index contributed by atoms with van der Waals surface area (Å²) in [6.45, 7) is 4.24. The van der Waals surface area contributed by atoms with Crippen molar-refractivity contribution in [3.8, 4) is 0 Å². The van der Waals surface area contributed by atoms with Gasteiger partial charge in [0.2, 0.25) is 0 Å². The molecule has 1 saturated heterocycles. The van der Waals surface area contributed by atoms with Crippen molar-refractivity contribution in [2.45, 2.75) is 45.2 Å². The molecule has 2 atom stereocenters. The van der Waals surface area contributed by atoms with Crippen molar-refractivity contribution < 1.29 is 9.90 Å². The number of halogens is 1. The summed E-state index contributed by atoms with van der Waals surface area (Å²) in [5, 5.41) is 11.8. The summed E-state index contributed by atoms with van der Waals surface area (Å²) >= 11 is 5.91. The van der Waals surface area contributed by atoms with Crippen LogP contribution in [0.4, 0.5) is 0 Å². The van der Waals surface area contributed by atoms with Crippen molar-refractivity contribution in [2.24, 2.45) is 0 Å². The number of aromatic carboxylic acids is 1. The van der Waals surface area contributed by atoms with E-state index in [-0.39, 0.29) is 5.69 Å². The fourth-order valence-corrected chi connectivity index (χ4v) is 2.80. The van der Waals surface area contributed by atoms with Crippen LogP contribution in [0.15, 0.2) is 12.3 Å². The van der Waals surface area contributed by atoms with Gasteiger partial charge in [-0.3, -0.25) is 4.68 Å². The first-order chi connectivity index (χ1) is 8.00. The van der Waals surface area contributed by atoms with Gasteiger partial charge in [-0.25, -0.2) is 4.79 Å². The smallest absolute Gasteiger partial charge is 0.354 e. The Bertz CT molecular complexity index is 420. The molecular formula is C12H17ClN2O2. The minimum atomic E-state index is -0.943. The predicted octanol–water partition coefficient (Wildman–Crippen LogP) is 2.74. The first-order valence-corrected chi connectivity index (χ1v) is 6.28. The summed E-state index contributed by atoms with van der Waals surface area (Å²) in [7, 11) is 0. The zero-order valence-electron chi connectivity index (χ0n) is 10.1. The van der Waals surface area contributed by atoms with Gasteiger partial charge in [0.15, 0.2) is 0 Å². The van der Waals surface area contributed by atoms with Crippen molar-refractivity contribution in [3.63, 3.8) is 0 Å². The molecule has 2 heterocycles. The fraction of sp³-hybridized carbons (Fsp3) is 0.583. The van der Waals surface area contributed by atoms with Gasteiger partial charge in [-0.1, -0.05) is 11.6 Å². The SMILES string of the molecule is CC1CCCC(C)N1n1cc(Cl)cc1C(=O)O. The molecule has 0 bridgehead atoms. The van der Waals surface area contributed by atoms with Crippen LogP contribution in [0.1, 0.15) is 43.6 Å². The van der Waals surface area contributed by atoms with Gasteiger partial charge in [-0.2, -0.15) is 0 Å². The molecule has 5 heteroatoms. The molecular weight excluding hydrogens is 240 g/mol. The molecule has 0 aliphatic carbocycles. The lowest BCUT2D eigenvalue weighted by Gasteiger charge is -2.41. The predicted molar refractivity (Wildman–Crippen MR) is 67.4 cm³/mol. The highest BCUT2D eigenvalue weighted by atomic mass is 35.5. The van der Waals surface area contributed by atoms with Crippen LogP contribution in [0.25, 0.3) is 0 Å². The van der Waals surface area contributed by atoms with Crippen LogP contribution in [-0.4, -0.2) is 27.8 Å². The Morgan fingerprint density at radius 2 is 2.00 bits per heavy atom. The minimum absolute atomic E-state index is 0.232. The van der Waals surface area contributed by atoms with E-state index in [0.717, 1.165) is 12.8 Å².